The number of aromatic hydroxyl groups is 1. The van der Waals surface area contributed by atoms with Gasteiger partial charge in [0.25, 0.3) is 5.91 Å². The molecule has 1 aliphatic rings. The number of phenols is 1. The number of benzene rings is 2. The number of phenolic OH excluding ortho intramolecular Hbond substituents is 1. The minimum atomic E-state index is -0.708. The molecule has 0 bridgehead atoms. The number of nitriles is 1. The Hall–Kier alpha value is -3.00. The second-order valence-electron chi connectivity index (χ2n) is 5.72. The maximum atomic E-state index is 12.7. The van der Waals surface area contributed by atoms with Crippen molar-refractivity contribution in [1.82, 2.24) is 0 Å². The Morgan fingerprint density at radius 1 is 1.21 bits per heavy atom. The van der Waals surface area contributed by atoms with Crippen molar-refractivity contribution >= 4 is 11.6 Å². The summed E-state index contributed by atoms with van der Waals surface area (Å²) in [7, 11) is 0. The molecular formula is C19H18N2O3. The molecule has 5 heteroatoms. The molecule has 24 heavy (non-hydrogen) atoms. The number of hydrogen-bond acceptors (Lipinski definition) is 4. The van der Waals surface area contributed by atoms with Crippen LogP contribution in [0.25, 0.3) is 0 Å². The molecule has 1 amide bonds. The number of hydrogen-bond donors (Lipinski definition) is 1. The van der Waals surface area contributed by atoms with E-state index in [1.165, 1.54) is 22.6 Å². The molecule has 0 spiro atoms. The summed E-state index contributed by atoms with van der Waals surface area (Å²) >= 11 is 0. The van der Waals surface area contributed by atoms with Gasteiger partial charge in [-0.05, 0) is 29.7 Å². The molecule has 1 aliphatic heterocycles. The molecule has 1 unspecified atom stereocenters. The zero-order valence-electron chi connectivity index (χ0n) is 13.4. The number of ether oxygens (including phenoxy) is 1. The summed E-state index contributed by atoms with van der Waals surface area (Å²) in [6.07, 6.45) is 0.668. The predicted octanol–water partition coefficient (Wildman–Crippen LogP) is 2.81. The molecule has 0 fully saturated rings. The van der Waals surface area contributed by atoms with Crippen LogP contribution >= 0.6 is 0 Å². The Morgan fingerprint density at radius 3 is 2.58 bits per heavy atom. The molecule has 0 saturated heterocycles. The Kier molecular flexibility index (Phi) is 4.39. The van der Waals surface area contributed by atoms with Gasteiger partial charge in [0.1, 0.15) is 18.0 Å². The zero-order valence-corrected chi connectivity index (χ0v) is 13.4. The van der Waals surface area contributed by atoms with Crippen molar-refractivity contribution in [1.29, 1.82) is 5.26 Å². The molecule has 5 nitrogen and oxygen atoms in total. The number of carbonyl (C=O) groups is 1. The molecule has 1 heterocycles. The summed E-state index contributed by atoms with van der Waals surface area (Å²) in [6.45, 7) is 2.04. The third kappa shape index (κ3) is 3.04. The Bertz CT molecular complexity index is 793. The first-order valence-corrected chi connectivity index (χ1v) is 7.88. The van der Waals surface area contributed by atoms with Crippen LogP contribution < -0.4 is 9.64 Å². The summed E-state index contributed by atoms with van der Waals surface area (Å²) in [6, 6.07) is 14.6. The van der Waals surface area contributed by atoms with E-state index in [-0.39, 0.29) is 18.2 Å². The van der Waals surface area contributed by atoms with Gasteiger partial charge in [0.2, 0.25) is 0 Å². The standard InChI is InChI=1S/C19H18N2O3/c1-2-13-3-5-14(6-4-13)11-18-19(23)21(10-9-20)16-8-7-15(22)12-17(16)24-18/h3-8,12,18,22H,2,10-11H2,1H3. The van der Waals surface area contributed by atoms with Gasteiger partial charge >= 0.3 is 0 Å². The fraction of sp³-hybridized carbons (Fsp3) is 0.263. The lowest BCUT2D eigenvalue weighted by Gasteiger charge is -2.33. The molecule has 3 rings (SSSR count). The first-order valence-electron chi connectivity index (χ1n) is 7.88. The molecule has 0 radical (unpaired) electrons. The number of nitrogens with zero attached hydrogens (tertiary/aromatic N) is 2. The highest BCUT2D eigenvalue weighted by Crippen LogP contribution is 2.37. The van der Waals surface area contributed by atoms with Crippen molar-refractivity contribution < 1.29 is 14.6 Å². The van der Waals surface area contributed by atoms with Crippen LogP contribution in [0.5, 0.6) is 11.5 Å². The van der Waals surface area contributed by atoms with Crippen LogP contribution in [0.1, 0.15) is 18.1 Å². The molecule has 2 aromatic rings. The largest absolute Gasteiger partial charge is 0.508 e. The summed E-state index contributed by atoms with van der Waals surface area (Å²) < 4.78 is 5.80. The van der Waals surface area contributed by atoms with Gasteiger partial charge in [0.05, 0.1) is 11.8 Å². The molecule has 0 saturated carbocycles. The number of amides is 1. The van der Waals surface area contributed by atoms with Gasteiger partial charge in [-0.2, -0.15) is 5.26 Å². The lowest BCUT2D eigenvalue weighted by molar-refractivity contribution is -0.126. The van der Waals surface area contributed by atoms with Crippen molar-refractivity contribution in [3.05, 3.63) is 53.6 Å². The second-order valence-corrected chi connectivity index (χ2v) is 5.72. The normalized spacial score (nSPS) is 16.2. The van der Waals surface area contributed by atoms with Crippen molar-refractivity contribution in [2.24, 2.45) is 0 Å². The molecule has 1 atom stereocenters. The number of aryl methyl sites for hydroxylation is 1. The molecular weight excluding hydrogens is 304 g/mol. The predicted molar refractivity (Wildman–Crippen MR) is 90.0 cm³/mol. The highest BCUT2D eigenvalue weighted by Gasteiger charge is 2.34. The van der Waals surface area contributed by atoms with Crippen LogP contribution in [0.4, 0.5) is 5.69 Å². The van der Waals surface area contributed by atoms with Crippen LogP contribution in [0.3, 0.4) is 0 Å². The van der Waals surface area contributed by atoms with Gasteiger partial charge in [-0.1, -0.05) is 31.2 Å². The monoisotopic (exact) mass is 322 g/mol. The van der Waals surface area contributed by atoms with E-state index >= 15 is 0 Å². The van der Waals surface area contributed by atoms with Crippen LogP contribution in [-0.2, 0) is 17.6 Å². The first kappa shape index (κ1) is 15.9. The molecule has 122 valence electrons. The highest BCUT2D eigenvalue weighted by molar-refractivity contribution is 6.00. The van der Waals surface area contributed by atoms with Crippen LogP contribution in [-0.4, -0.2) is 23.7 Å². The summed E-state index contributed by atoms with van der Waals surface area (Å²) in [5.41, 5.74) is 2.74. The minimum Gasteiger partial charge on any atom is -0.508 e. The molecule has 1 N–H and O–H groups in total. The summed E-state index contributed by atoms with van der Waals surface area (Å²) in [5.74, 6) is 0.236. The van der Waals surface area contributed by atoms with Gasteiger partial charge in [-0.25, -0.2) is 0 Å². The van der Waals surface area contributed by atoms with Gasteiger partial charge in [-0.15, -0.1) is 0 Å². The molecule has 2 aromatic carbocycles. The molecule has 0 aromatic heterocycles. The van der Waals surface area contributed by atoms with Crippen LogP contribution in [0.15, 0.2) is 42.5 Å². The minimum absolute atomic E-state index is 0.0504. The van der Waals surface area contributed by atoms with Crippen LogP contribution in [0.2, 0.25) is 0 Å². The van der Waals surface area contributed by atoms with E-state index in [1.807, 2.05) is 30.3 Å². The average Bonchev–Trinajstić information content (AvgIpc) is 2.59. The van der Waals surface area contributed by atoms with Crippen molar-refractivity contribution in [2.45, 2.75) is 25.9 Å². The number of fused-ring (bicyclic) bond motifs is 1. The topological polar surface area (TPSA) is 73.6 Å². The van der Waals surface area contributed by atoms with Crippen molar-refractivity contribution in [3.8, 4) is 17.6 Å². The van der Waals surface area contributed by atoms with E-state index in [9.17, 15) is 9.90 Å². The van der Waals surface area contributed by atoms with Crippen LogP contribution in [0, 0.1) is 11.3 Å². The van der Waals surface area contributed by atoms with E-state index in [1.54, 1.807) is 6.07 Å². The second kappa shape index (κ2) is 6.63. The SMILES string of the molecule is CCc1ccc(CC2Oc3cc(O)ccc3N(CC#N)C2=O)cc1. The molecule has 0 aliphatic carbocycles. The smallest absolute Gasteiger partial charge is 0.269 e. The quantitative estimate of drug-likeness (QED) is 0.879. The van der Waals surface area contributed by atoms with E-state index in [4.69, 9.17) is 10.00 Å². The average molecular weight is 322 g/mol. The number of anilines is 1. The first-order chi connectivity index (χ1) is 11.6. The Labute approximate surface area is 140 Å². The lowest BCUT2D eigenvalue weighted by atomic mass is 10.0. The lowest BCUT2D eigenvalue weighted by Crippen LogP contribution is -2.47. The third-order valence-electron chi connectivity index (χ3n) is 4.13. The van der Waals surface area contributed by atoms with Crippen molar-refractivity contribution in [2.75, 3.05) is 11.4 Å². The summed E-state index contributed by atoms with van der Waals surface area (Å²) in [4.78, 5) is 14.1. The number of rotatable bonds is 4. The fourth-order valence-electron chi connectivity index (χ4n) is 2.80. The summed E-state index contributed by atoms with van der Waals surface area (Å²) in [5, 5.41) is 18.7. The Balaban J connectivity index is 1.88. The maximum absolute atomic E-state index is 12.7. The van der Waals surface area contributed by atoms with Crippen molar-refractivity contribution in [3.63, 3.8) is 0 Å². The van der Waals surface area contributed by atoms with Gasteiger partial charge < -0.3 is 9.84 Å². The third-order valence-corrected chi connectivity index (χ3v) is 4.13. The van der Waals surface area contributed by atoms with E-state index < -0.39 is 6.10 Å². The van der Waals surface area contributed by atoms with Gasteiger partial charge in [0.15, 0.2) is 6.10 Å². The van der Waals surface area contributed by atoms with E-state index in [0.717, 1.165) is 12.0 Å². The van der Waals surface area contributed by atoms with E-state index in [0.29, 0.717) is 17.9 Å². The number of carbonyl (C=O) groups excluding carboxylic acids is 1. The van der Waals surface area contributed by atoms with Gasteiger partial charge in [-0.3, -0.25) is 9.69 Å². The Morgan fingerprint density at radius 2 is 1.92 bits per heavy atom. The highest BCUT2D eigenvalue weighted by atomic mass is 16.5. The fourth-order valence-corrected chi connectivity index (χ4v) is 2.80. The zero-order chi connectivity index (χ0) is 17.1. The van der Waals surface area contributed by atoms with Gasteiger partial charge in [0, 0.05) is 12.5 Å². The maximum Gasteiger partial charge on any atom is 0.269 e. The van der Waals surface area contributed by atoms with E-state index in [2.05, 4.69) is 6.92 Å².